The van der Waals surface area contributed by atoms with E-state index < -0.39 is 10.0 Å². The Hall–Kier alpha value is -1.15. The highest BCUT2D eigenvalue weighted by molar-refractivity contribution is 7.89. The predicted molar refractivity (Wildman–Crippen MR) is 84.0 cm³/mol. The van der Waals surface area contributed by atoms with E-state index in [-0.39, 0.29) is 4.90 Å². The first kappa shape index (κ1) is 16.2. The van der Waals surface area contributed by atoms with Crippen molar-refractivity contribution in [3.8, 4) is 0 Å². The fourth-order valence-electron chi connectivity index (χ4n) is 2.05. The van der Waals surface area contributed by atoms with Crippen molar-refractivity contribution < 1.29 is 12.8 Å². The molecule has 0 fully saturated rings. The van der Waals surface area contributed by atoms with Gasteiger partial charge in [-0.3, -0.25) is 0 Å². The second-order valence-corrected chi connectivity index (χ2v) is 7.86. The summed E-state index contributed by atoms with van der Waals surface area (Å²) in [6.45, 7) is 2.64. The van der Waals surface area contributed by atoms with Crippen LogP contribution in [0, 0.1) is 6.92 Å². The number of thiophene rings is 1. The molecule has 0 aliphatic heterocycles. The summed E-state index contributed by atoms with van der Waals surface area (Å²) in [5, 5.41) is 4.94. The van der Waals surface area contributed by atoms with Crippen molar-refractivity contribution in [2.45, 2.75) is 24.8 Å². The van der Waals surface area contributed by atoms with E-state index in [4.69, 9.17) is 4.42 Å². The Morgan fingerprint density at radius 2 is 2.19 bits per heavy atom. The van der Waals surface area contributed by atoms with Gasteiger partial charge < -0.3 is 9.73 Å². The van der Waals surface area contributed by atoms with Crippen LogP contribution in [0.2, 0.25) is 0 Å². The molecule has 1 N–H and O–H groups in total. The minimum atomic E-state index is -3.50. The summed E-state index contributed by atoms with van der Waals surface area (Å²) >= 11 is 1.64. The van der Waals surface area contributed by atoms with Gasteiger partial charge in [-0.2, -0.15) is 0 Å². The first-order chi connectivity index (χ1) is 9.95. The van der Waals surface area contributed by atoms with Gasteiger partial charge in [0.2, 0.25) is 10.0 Å². The van der Waals surface area contributed by atoms with Crippen molar-refractivity contribution in [1.82, 2.24) is 9.62 Å². The van der Waals surface area contributed by atoms with Gasteiger partial charge in [0.25, 0.3) is 0 Å². The number of aryl methyl sites for hydroxylation is 1. The molecule has 0 spiro atoms. The molecule has 0 aliphatic carbocycles. The third kappa shape index (κ3) is 3.74. The van der Waals surface area contributed by atoms with E-state index >= 15 is 0 Å². The van der Waals surface area contributed by atoms with Gasteiger partial charge in [0.05, 0.1) is 6.54 Å². The molecular formula is C14H20N2O3S2. The summed E-state index contributed by atoms with van der Waals surface area (Å²) < 4.78 is 32.0. The van der Waals surface area contributed by atoms with E-state index in [2.05, 4.69) is 5.32 Å². The lowest BCUT2D eigenvalue weighted by Gasteiger charge is -2.16. The molecule has 2 aromatic heterocycles. The Kier molecular flexibility index (Phi) is 5.21. The van der Waals surface area contributed by atoms with Gasteiger partial charge in [0.15, 0.2) is 0 Å². The van der Waals surface area contributed by atoms with Crippen LogP contribution in [0.4, 0.5) is 0 Å². The molecular weight excluding hydrogens is 308 g/mol. The zero-order valence-electron chi connectivity index (χ0n) is 12.4. The van der Waals surface area contributed by atoms with Crippen molar-refractivity contribution in [3.63, 3.8) is 0 Å². The van der Waals surface area contributed by atoms with Crippen LogP contribution in [0.1, 0.15) is 16.4 Å². The predicted octanol–water partition coefficient (Wildman–Crippen LogP) is 2.23. The molecule has 0 atom stereocenters. The lowest BCUT2D eigenvalue weighted by atomic mass is 10.3. The molecule has 2 aromatic rings. The molecule has 0 aliphatic rings. The summed E-state index contributed by atoms with van der Waals surface area (Å²) in [5.41, 5.74) is 0. The highest BCUT2D eigenvalue weighted by atomic mass is 32.2. The van der Waals surface area contributed by atoms with E-state index in [1.165, 1.54) is 9.18 Å². The third-order valence-electron chi connectivity index (χ3n) is 3.22. The average molecular weight is 328 g/mol. The largest absolute Gasteiger partial charge is 0.464 e. The number of hydrogen-bond acceptors (Lipinski definition) is 5. The van der Waals surface area contributed by atoms with Gasteiger partial charge in [0, 0.05) is 24.5 Å². The van der Waals surface area contributed by atoms with Gasteiger partial charge in [-0.25, -0.2) is 12.7 Å². The number of hydrogen-bond donors (Lipinski definition) is 1. The summed E-state index contributed by atoms with van der Waals surface area (Å²) in [6, 6.07) is 5.58. The smallest absolute Gasteiger partial charge is 0.246 e. The molecule has 0 amide bonds. The first-order valence-corrected chi connectivity index (χ1v) is 8.99. The Balaban J connectivity index is 2.12. The van der Waals surface area contributed by atoms with Crippen LogP contribution in [0.3, 0.4) is 0 Å². The van der Waals surface area contributed by atoms with Crippen LogP contribution < -0.4 is 5.32 Å². The normalized spacial score (nSPS) is 12.2. The minimum absolute atomic E-state index is 0.251. The molecule has 0 bridgehead atoms. The van der Waals surface area contributed by atoms with Gasteiger partial charge in [-0.1, -0.05) is 6.07 Å². The van der Waals surface area contributed by atoms with Crippen LogP contribution in [-0.2, 0) is 23.0 Å². The van der Waals surface area contributed by atoms with Crippen molar-refractivity contribution in [1.29, 1.82) is 0 Å². The molecule has 5 nitrogen and oxygen atoms in total. The Morgan fingerprint density at radius 3 is 2.81 bits per heavy atom. The highest BCUT2D eigenvalue weighted by Gasteiger charge is 2.25. The lowest BCUT2D eigenvalue weighted by Crippen LogP contribution is -2.29. The number of rotatable bonds is 7. The molecule has 2 heterocycles. The maximum Gasteiger partial charge on any atom is 0.246 e. The summed E-state index contributed by atoms with van der Waals surface area (Å²) in [7, 11) is -0.109. The average Bonchev–Trinajstić information content (AvgIpc) is 3.06. The molecule has 7 heteroatoms. The summed E-state index contributed by atoms with van der Waals surface area (Å²) in [5.74, 6) is 1.06. The van der Waals surface area contributed by atoms with E-state index in [0.29, 0.717) is 31.0 Å². The van der Waals surface area contributed by atoms with E-state index in [9.17, 15) is 8.42 Å². The van der Waals surface area contributed by atoms with E-state index in [1.54, 1.807) is 38.4 Å². The van der Waals surface area contributed by atoms with Crippen LogP contribution in [0.25, 0.3) is 0 Å². The fourth-order valence-corrected chi connectivity index (χ4v) is 4.10. The molecule has 2 rings (SSSR count). The standard InChI is InChI=1S/C14H20N2O3S2/c1-11-14(9-12(19-11)10-15-2)21(17,18)16(3)7-6-13-5-4-8-20-13/h4-5,8-9,15H,6-7,10H2,1-3H3. The van der Waals surface area contributed by atoms with Gasteiger partial charge in [-0.15, -0.1) is 11.3 Å². The molecule has 0 saturated carbocycles. The highest BCUT2D eigenvalue weighted by Crippen LogP contribution is 2.23. The summed E-state index contributed by atoms with van der Waals surface area (Å²) in [6.07, 6.45) is 0.716. The quantitative estimate of drug-likeness (QED) is 0.846. The van der Waals surface area contributed by atoms with Crippen LogP contribution in [-0.4, -0.2) is 33.4 Å². The third-order valence-corrected chi connectivity index (χ3v) is 6.12. The second kappa shape index (κ2) is 6.74. The Labute approximate surface area is 129 Å². The van der Waals surface area contributed by atoms with E-state index in [1.807, 2.05) is 17.5 Å². The Morgan fingerprint density at radius 1 is 1.43 bits per heavy atom. The second-order valence-electron chi connectivity index (χ2n) is 4.82. The molecule has 0 radical (unpaired) electrons. The van der Waals surface area contributed by atoms with Crippen LogP contribution in [0.5, 0.6) is 0 Å². The van der Waals surface area contributed by atoms with Crippen LogP contribution in [0.15, 0.2) is 32.9 Å². The van der Waals surface area contributed by atoms with Crippen molar-refractivity contribution >= 4 is 21.4 Å². The topological polar surface area (TPSA) is 62.6 Å². The Bertz CT molecular complexity index is 675. The molecule has 21 heavy (non-hydrogen) atoms. The van der Waals surface area contributed by atoms with E-state index in [0.717, 1.165) is 0 Å². The maximum absolute atomic E-state index is 12.6. The van der Waals surface area contributed by atoms with Gasteiger partial charge >= 0.3 is 0 Å². The van der Waals surface area contributed by atoms with Gasteiger partial charge in [0.1, 0.15) is 16.4 Å². The maximum atomic E-state index is 12.6. The number of sulfonamides is 1. The zero-order chi connectivity index (χ0) is 15.5. The zero-order valence-corrected chi connectivity index (χ0v) is 14.1. The van der Waals surface area contributed by atoms with Crippen molar-refractivity contribution in [2.24, 2.45) is 0 Å². The number of furan rings is 1. The fraction of sp³-hybridized carbons (Fsp3) is 0.429. The van der Waals surface area contributed by atoms with Crippen LogP contribution >= 0.6 is 11.3 Å². The first-order valence-electron chi connectivity index (χ1n) is 6.67. The lowest BCUT2D eigenvalue weighted by molar-refractivity contribution is 0.455. The monoisotopic (exact) mass is 328 g/mol. The molecule has 116 valence electrons. The molecule has 0 unspecified atom stereocenters. The number of nitrogens with one attached hydrogen (secondary N) is 1. The van der Waals surface area contributed by atoms with Crippen molar-refractivity contribution in [2.75, 3.05) is 20.6 Å². The molecule has 0 aromatic carbocycles. The number of likely N-dealkylation sites (N-methyl/N-ethyl adjacent to an activating group) is 1. The SMILES string of the molecule is CNCc1cc(S(=O)(=O)N(C)CCc2cccs2)c(C)o1. The van der Waals surface area contributed by atoms with Gasteiger partial charge in [-0.05, 0) is 31.8 Å². The minimum Gasteiger partial charge on any atom is -0.464 e. The van der Waals surface area contributed by atoms with Crippen molar-refractivity contribution in [3.05, 3.63) is 40.0 Å². The number of nitrogens with zero attached hydrogens (tertiary/aromatic N) is 1. The summed E-state index contributed by atoms with van der Waals surface area (Å²) in [4.78, 5) is 1.43. The molecule has 0 saturated heterocycles.